The van der Waals surface area contributed by atoms with Crippen molar-refractivity contribution in [3.63, 3.8) is 0 Å². The van der Waals surface area contributed by atoms with Crippen molar-refractivity contribution in [3.8, 4) is 0 Å². The molecule has 0 aromatic carbocycles. The van der Waals surface area contributed by atoms with Gasteiger partial charge in [-0.25, -0.2) is 0 Å². The topological polar surface area (TPSA) is 48.8 Å². The third-order valence-corrected chi connectivity index (χ3v) is 1.94. The second-order valence-electron chi connectivity index (χ2n) is 2.84. The second kappa shape index (κ2) is 4.80. The molecular weight excluding hydrogens is 138 g/mol. The monoisotopic (exact) mass is 151 g/mol. The smallest absolute Gasteiger partial charge is 0.0111 e. The highest BCUT2D eigenvalue weighted by Gasteiger charge is 1.98. The standard InChI is InChI=1S/C8H13N3/c9-11-10-8-6-4-2-1-3-5-7-8/h6H,1-5,7H2. The van der Waals surface area contributed by atoms with Crippen LogP contribution in [0.2, 0.25) is 0 Å². The van der Waals surface area contributed by atoms with Crippen molar-refractivity contribution in [2.45, 2.75) is 38.5 Å². The van der Waals surface area contributed by atoms with Gasteiger partial charge in [-0.15, -0.1) is 0 Å². The molecule has 0 amide bonds. The van der Waals surface area contributed by atoms with E-state index in [-0.39, 0.29) is 0 Å². The first-order valence-electron chi connectivity index (χ1n) is 4.17. The lowest BCUT2D eigenvalue weighted by Crippen LogP contribution is -1.86. The van der Waals surface area contributed by atoms with Crippen molar-refractivity contribution in [2.75, 3.05) is 0 Å². The van der Waals surface area contributed by atoms with Gasteiger partial charge in [0.2, 0.25) is 0 Å². The zero-order valence-electron chi connectivity index (χ0n) is 6.66. The number of hydrogen-bond acceptors (Lipinski definition) is 1. The molecule has 0 aromatic rings. The van der Waals surface area contributed by atoms with Gasteiger partial charge >= 0.3 is 0 Å². The molecule has 0 saturated carbocycles. The molecule has 0 heterocycles. The highest BCUT2D eigenvalue weighted by atomic mass is 15.1. The Hall–Kier alpha value is -0.950. The van der Waals surface area contributed by atoms with Crippen LogP contribution in [-0.4, -0.2) is 0 Å². The van der Waals surface area contributed by atoms with Crippen LogP contribution in [0.5, 0.6) is 0 Å². The Bertz CT molecular complexity index is 190. The fourth-order valence-electron chi connectivity index (χ4n) is 1.32. The second-order valence-corrected chi connectivity index (χ2v) is 2.84. The van der Waals surface area contributed by atoms with Gasteiger partial charge in [-0.3, -0.25) is 0 Å². The van der Waals surface area contributed by atoms with Gasteiger partial charge < -0.3 is 0 Å². The molecule has 0 fully saturated rings. The third-order valence-electron chi connectivity index (χ3n) is 1.94. The molecule has 0 aliphatic heterocycles. The Kier molecular flexibility index (Phi) is 3.56. The van der Waals surface area contributed by atoms with E-state index >= 15 is 0 Å². The maximum atomic E-state index is 8.20. The number of rotatable bonds is 1. The van der Waals surface area contributed by atoms with Gasteiger partial charge in [-0.1, -0.05) is 24.0 Å². The van der Waals surface area contributed by atoms with Crippen LogP contribution in [0.15, 0.2) is 16.9 Å². The zero-order chi connectivity index (χ0) is 7.94. The quantitative estimate of drug-likeness (QED) is 0.312. The summed E-state index contributed by atoms with van der Waals surface area (Å²) in [5.74, 6) is 0. The van der Waals surface area contributed by atoms with Crippen molar-refractivity contribution in [3.05, 3.63) is 22.2 Å². The first-order chi connectivity index (χ1) is 5.43. The molecule has 3 heteroatoms. The summed E-state index contributed by atoms with van der Waals surface area (Å²) in [4.78, 5) is 2.79. The van der Waals surface area contributed by atoms with E-state index in [9.17, 15) is 0 Å². The summed E-state index contributed by atoms with van der Waals surface area (Å²) < 4.78 is 0. The first kappa shape index (κ1) is 8.15. The summed E-state index contributed by atoms with van der Waals surface area (Å²) in [6.45, 7) is 0. The molecule has 3 nitrogen and oxygen atoms in total. The van der Waals surface area contributed by atoms with E-state index < -0.39 is 0 Å². The molecule has 11 heavy (non-hydrogen) atoms. The van der Waals surface area contributed by atoms with E-state index in [2.05, 4.69) is 16.1 Å². The van der Waals surface area contributed by atoms with Crippen molar-refractivity contribution in [1.29, 1.82) is 0 Å². The molecule has 1 aliphatic carbocycles. The van der Waals surface area contributed by atoms with E-state index in [1.807, 2.05) is 0 Å². The third kappa shape index (κ3) is 3.10. The highest BCUT2D eigenvalue weighted by Crippen LogP contribution is 2.17. The summed E-state index contributed by atoms with van der Waals surface area (Å²) in [5, 5.41) is 3.63. The molecule has 1 rings (SSSR count). The first-order valence-corrected chi connectivity index (χ1v) is 4.17. The van der Waals surface area contributed by atoms with E-state index in [0.717, 1.165) is 18.5 Å². The number of nitrogens with zero attached hydrogens (tertiary/aromatic N) is 3. The molecule has 0 atom stereocenters. The molecule has 0 radical (unpaired) electrons. The number of azide groups is 1. The van der Waals surface area contributed by atoms with Gasteiger partial charge in [0.15, 0.2) is 0 Å². The maximum Gasteiger partial charge on any atom is 0.0111 e. The van der Waals surface area contributed by atoms with Crippen LogP contribution in [0.25, 0.3) is 10.4 Å². The van der Waals surface area contributed by atoms with Crippen LogP contribution in [0.4, 0.5) is 0 Å². The summed E-state index contributed by atoms with van der Waals surface area (Å²) >= 11 is 0. The predicted octanol–water partition coefficient (Wildman–Crippen LogP) is 3.53. The summed E-state index contributed by atoms with van der Waals surface area (Å²) in [7, 11) is 0. The van der Waals surface area contributed by atoms with Crippen LogP contribution < -0.4 is 0 Å². The average molecular weight is 151 g/mol. The molecule has 0 spiro atoms. The predicted molar refractivity (Wildman–Crippen MR) is 44.9 cm³/mol. The average Bonchev–Trinajstić information content (AvgIpc) is 1.94. The van der Waals surface area contributed by atoms with Gasteiger partial charge in [0.1, 0.15) is 0 Å². The van der Waals surface area contributed by atoms with Crippen molar-refractivity contribution >= 4 is 0 Å². The van der Waals surface area contributed by atoms with Gasteiger partial charge in [0, 0.05) is 10.6 Å². The molecule has 0 saturated heterocycles. The Morgan fingerprint density at radius 3 is 2.91 bits per heavy atom. The van der Waals surface area contributed by atoms with Gasteiger partial charge in [0.25, 0.3) is 0 Å². The molecule has 60 valence electrons. The normalized spacial score (nSPS) is 19.1. The van der Waals surface area contributed by atoms with E-state index in [1.54, 1.807) is 0 Å². The lowest BCUT2D eigenvalue weighted by Gasteiger charge is -2.05. The summed E-state index contributed by atoms with van der Waals surface area (Å²) in [6.07, 6.45) is 9.12. The zero-order valence-corrected chi connectivity index (χ0v) is 6.66. The van der Waals surface area contributed by atoms with Crippen LogP contribution in [-0.2, 0) is 0 Å². The Morgan fingerprint density at radius 2 is 2.09 bits per heavy atom. The van der Waals surface area contributed by atoms with Crippen LogP contribution in [0, 0.1) is 0 Å². The maximum absolute atomic E-state index is 8.20. The van der Waals surface area contributed by atoms with Gasteiger partial charge in [-0.2, -0.15) is 0 Å². The molecular formula is C8H13N3. The Balaban J connectivity index is 2.51. The molecule has 0 aromatic heterocycles. The number of hydrogen-bond donors (Lipinski definition) is 0. The van der Waals surface area contributed by atoms with Crippen LogP contribution in [0.3, 0.4) is 0 Å². The fourth-order valence-corrected chi connectivity index (χ4v) is 1.32. The largest absolute Gasteiger partial charge is 0.0790 e. The summed E-state index contributed by atoms with van der Waals surface area (Å²) in [6, 6.07) is 0. The Labute approximate surface area is 66.7 Å². The van der Waals surface area contributed by atoms with Gasteiger partial charge in [-0.05, 0) is 31.2 Å². The molecule has 0 N–H and O–H groups in total. The lowest BCUT2D eigenvalue weighted by atomic mass is 10.0. The summed E-state index contributed by atoms with van der Waals surface area (Å²) in [5.41, 5.74) is 9.14. The van der Waals surface area contributed by atoms with Crippen molar-refractivity contribution in [1.82, 2.24) is 0 Å². The minimum atomic E-state index is 0.937. The lowest BCUT2D eigenvalue weighted by molar-refractivity contribution is 0.622. The van der Waals surface area contributed by atoms with Crippen LogP contribution in [0.1, 0.15) is 38.5 Å². The minimum absolute atomic E-state index is 0.937. The molecule has 1 aliphatic rings. The van der Waals surface area contributed by atoms with Gasteiger partial charge in [0.05, 0.1) is 0 Å². The molecule has 0 unspecified atom stereocenters. The minimum Gasteiger partial charge on any atom is -0.0790 e. The van der Waals surface area contributed by atoms with Crippen molar-refractivity contribution < 1.29 is 0 Å². The molecule has 0 bridgehead atoms. The Morgan fingerprint density at radius 1 is 1.27 bits per heavy atom. The highest BCUT2D eigenvalue weighted by molar-refractivity contribution is 5.00. The SMILES string of the molecule is [N-]=[N+]=NC1=CCCCCCC1. The number of allylic oxidation sites excluding steroid dienone is 2. The van der Waals surface area contributed by atoms with E-state index in [4.69, 9.17) is 5.53 Å². The fraction of sp³-hybridized carbons (Fsp3) is 0.750. The van der Waals surface area contributed by atoms with E-state index in [1.165, 1.54) is 25.7 Å². The van der Waals surface area contributed by atoms with Crippen LogP contribution >= 0.6 is 0 Å². The van der Waals surface area contributed by atoms with E-state index in [0.29, 0.717) is 0 Å². The van der Waals surface area contributed by atoms with Crippen molar-refractivity contribution in [2.24, 2.45) is 5.11 Å².